The molecule has 2 aromatic rings. The summed E-state index contributed by atoms with van der Waals surface area (Å²) < 4.78 is 17.0. The molecule has 1 aliphatic heterocycles. The van der Waals surface area contributed by atoms with Crippen molar-refractivity contribution < 1.29 is 23.8 Å². The van der Waals surface area contributed by atoms with E-state index in [9.17, 15) is 9.59 Å². The first-order chi connectivity index (χ1) is 16.5. The quantitative estimate of drug-likeness (QED) is 0.472. The maximum absolute atomic E-state index is 13.4. The lowest BCUT2D eigenvalue weighted by atomic mass is 10.1. The van der Waals surface area contributed by atoms with E-state index in [1.807, 2.05) is 36.9 Å². The molecule has 34 heavy (non-hydrogen) atoms. The largest absolute Gasteiger partial charge is 0.490 e. The number of rotatable bonds is 12. The molecular formula is C27H36N2O5. The van der Waals surface area contributed by atoms with Crippen LogP contribution in [0.5, 0.6) is 11.5 Å². The van der Waals surface area contributed by atoms with Gasteiger partial charge in [0, 0.05) is 30.9 Å². The molecule has 184 valence electrons. The van der Waals surface area contributed by atoms with Crippen LogP contribution in [0.25, 0.3) is 0 Å². The summed E-state index contributed by atoms with van der Waals surface area (Å²) in [6.45, 7) is 8.88. The van der Waals surface area contributed by atoms with Crippen molar-refractivity contribution in [3.05, 3.63) is 53.6 Å². The third-order valence-corrected chi connectivity index (χ3v) is 5.52. The van der Waals surface area contributed by atoms with Crippen LogP contribution in [-0.2, 0) is 16.1 Å². The lowest BCUT2D eigenvalue weighted by Gasteiger charge is -2.23. The van der Waals surface area contributed by atoms with Crippen LogP contribution in [0.3, 0.4) is 0 Å². The molecule has 1 atom stereocenters. The molecule has 0 bridgehead atoms. The third kappa shape index (κ3) is 6.97. The van der Waals surface area contributed by atoms with Crippen LogP contribution in [0.4, 0.5) is 5.69 Å². The van der Waals surface area contributed by atoms with Crippen molar-refractivity contribution in [2.75, 3.05) is 31.7 Å². The highest BCUT2D eigenvalue weighted by molar-refractivity contribution is 5.98. The summed E-state index contributed by atoms with van der Waals surface area (Å²) in [7, 11) is 0. The molecule has 2 aromatic carbocycles. The number of carbonyl (C=O) groups is 2. The van der Waals surface area contributed by atoms with E-state index in [1.165, 1.54) is 0 Å². The maximum Gasteiger partial charge on any atom is 0.254 e. The van der Waals surface area contributed by atoms with Gasteiger partial charge in [-0.2, -0.15) is 0 Å². The lowest BCUT2D eigenvalue weighted by Crippen LogP contribution is -2.31. The predicted octanol–water partition coefficient (Wildman–Crippen LogP) is 5.04. The average molecular weight is 469 g/mol. The fraction of sp³-hybridized carbons (Fsp3) is 0.481. The van der Waals surface area contributed by atoms with E-state index >= 15 is 0 Å². The van der Waals surface area contributed by atoms with Crippen molar-refractivity contribution in [3.8, 4) is 11.5 Å². The molecule has 1 aliphatic rings. The normalized spacial score (nSPS) is 15.1. The first kappa shape index (κ1) is 25.6. The minimum atomic E-state index is -0.417. The molecule has 7 nitrogen and oxygen atoms in total. The van der Waals surface area contributed by atoms with Crippen molar-refractivity contribution in [2.24, 2.45) is 0 Å². The molecule has 0 aliphatic carbocycles. The zero-order valence-electron chi connectivity index (χ0n) is 20.5. The Labute approximate surface area is 202 Å². The van der Waals surface area contributed by atoms with Gasteiger partial charge in [0.15, 0.2) is 11.5 Å². The molecule has 0 aromatic heterocycles. The van der Waals surface area contributed by atoms with Crippen LogP contribution in [0, 0.1) is 0 Å². The van der Waals surface area contributed by atoms with Crippen LogP contribution >= 0.6 is 0 Å². The second-order valence-corrected chi connectivity index (χ2v) is 8.36. The molecule has 2 amide bonds. The lowest BCUT2D eigenvalue weighted by molar-refractivity contribution is -0.124. The van der Waals surface area contributed by atoms with Crippen molar-refractivity contribution in [1.29, 1.82) is 0 Å². The predicted molar refractivity (Wildman–Crippen MR) is 132 cm³/mol. The van der Waals surface area contributed by atoms with Crippen LogP contribution in [0.15, 0.2) is 42.5 Å². The van der Waals surface area contributed by atoms with E-state index in [-0.39, 0.29) is 11.8 Å². The smallest absolute Gasteiger partial charge is 0.254 e. The fourth-order valence-corrected chi connectivity index (χ4v) is 3.91. The maximum atomic E-state index is 13.4. The Morgan fingerprint density at radius 2 is 1.91 bits per heavy atom. The zero-order chi connectivity index (χ0) is 24.3. The van der Waals surface area contributed by atoms with E-state index < -0.39 is 6.10 Å². The van der Waals surface area contributed by atoms with Gasteiger partial charge in [-0.05, 0) is 68.5 Å². The van der Waals surface area contributed by atoms with Gasteiger partial charge < -0.3 is 24.4 Å². The molecule has 0 saturated carbocycles. The van der Waals surface area contributed by atoms with Crippen molar-refractivity contribution in [1.82, 2.24) is 4.90 Å². The van der Waals surface area contributed by atoms with Gasteiger partial charge in [-0.25, -0.2) is 0 Å². The third-order valence-electron chi connectivity index (χ3n) is 5.52. The summed E-state index contributed by atoms with van der Waals surface area (Å²) in [5.74, 6) is 1.16. The Hall–Kier alpha value is -3.06. The number of carbonyl (C=O) groups excluding carboxylic acids is 2. The van der Waals surface area contributed by atoms with Crippen LogP contribution < -0.4 is 14.8 Å². The molecule has 0 spiro atoms. The van der Waals surface area contributed by atoms with Gasteiger partial charge in [0.05, 0.1) is 13.2 Å². The topological polar surface area (TPSA) is 77.1 Å². The van der Waals surface area contributed by atoms with Gasteiger partial charge in [-0.1, -0.05) is 26.0 Å². The summed E-state index contributed by atoms with van der Waals surface area (Å²) in [6.07, 6.45) is 2.94. The molecule has 1 unspecified atom stereocenters. The Morgan fingerprint density at radius 1 is 1.06 bits per heavy atom. The highest BCUT2D eigenvalue weighted by Crippen LogP contribution is 2.29. The molecule has 1 heterocycles. The Kier molecular flexibility index (Phi) is 9.76. The number of ether oxygens (including phenoxy) is 3. The van der Waals surface area contributed by atoms with Gasteiger partial charge in [0.25, 0.3) is 11.8 Å². The van der Waals surface area contributed by atoms with Gasteiger partial charge >= 0.3 is 0 Å². The standard InChI is InChI=1S/C27H36N2O5/c1-4-14-29(19-20-12-13-23(33-15-5-2)25(17-20)32-6-3)27(31)21-9-7-10-22(18-21)28-26(30)24-11-8-16-34-24/h7,9-10,12-13,17-18,24H,4-6,8,11,14-16,19H2,1-3H3,(H,28,30). The van der Waals surface area contributed by atoms with Gasteiger partial charge in [-0.15, -0.1) is 0 Å². The molecule has 1 saturated heterocycles. The molecule has 7 heteroatoms. The summed E-state index contributed by atoms with van der Waals surface area (Å²) in [4.78, 5) is 27.6. The zero-order valence-corrected chi connectivity index (χ0v) is 20.5. The first-order valence-electron chi connectivity index (χ1n) is 12.3. The number of amides is 2. The highest BCUT2D eigenvalue weighted by Gasteiger charge is 2.24. The number of hydrogen-bond donors (Lipinski definition) is 1. The van der Waals surface area contributed by atoms with Gasteiger partial charge in [-0.3, -0.25) is 9.59 Å². The molecule has 3 rings (SSSR count). The molecule has 1 N–H and O–H groups in total. The van der Waals surface area contributed by atoms with E-state index in [1.54, 1.807) is 24.3 Å². The van der Waals surface area contributed by atoms with E-state index in [0.717, 1.165) is 37.0 Å². The van der Waals surface area contributed by atoms with Crippen LogP contribution in [0.1, 0.15) is 62.4 Å². The number of hydrogen-bond acceptors (Lipinski definition) is 5. The van der Waals surface area contributed by atoms with E-state index in [0.29, 0.717) is 49.9 Å². The van der Waals surface area contributed by atoms with E-state index in [4.69, 9.17) is 14.2 Å². The minimum Gasteiger partial charge on any atom is -0.490 e. The van der Waals surface area contributed by atoms with Crippen molar-refractivity contribution >= 4 is 17.5 Å². The summed E-state index contributed by atoms with van der Waals surface area (Å²) >= 11 is 0. The average Bonchev–Trinajstić information content (AvgIpc) is 3.39. The van der Waals surface area contributed by atoms with Gasteiger partial charge in [0.2, 0.25) is 0 Å². The number of anilines is 1. The van der Waals surface area contributed by atoms with Crippen LogP contribution in [-0.4, -0.2) is 49.2 Å². The minimum absolute atomic E-state index is 0.0839. The first-order valence-corrected chi connectivity index (χ1v) is 12.3. The second kappa shape index (κ2) is 13.0. The summed E-state index contributed by atoms with van der Waals surface area (Å²) in [6, 6.07) is 12.9. The monoisotopic (exact) mass is 468 g/mol. The summed E-state index contributed by atoms with van der Waals surface area (Å²) in [5.41, 5.74) is 2.10. The fourth-order valence-electron chi connectivity index (χ4n) is 3.91. The number of nitrogens with zero attached hydrogens (tertiary/aromatic N) is 1. The summed E-state index contributed by atoms with van der Waals surface area (Å²) in [5, 5.41) is 2.88. The Balaban J connectivity index is 1.74. The molecular weight excluding hydrogens is 432 g/mol. The Morgan fingerprint density at radius 3 is 2.62 bits per heavy atom. The van der Waals surface area contributed by atoms with Crippen molar-refractivity contribution in [3.63, 3.8) is 0 Å². The SMILES string of the molecule is CCCOc1ccc(CN(CCC)C(=O)c2cccc(NC(=O)C3CCCO3)c2)cc1OCC. The molecule has 0 radical (unpaired) electrons. The van der Waals surface area contributed by atoms with Crippen LogP contribution in [0.2, 0.25) is 0 Å². The number of benzene rings is 2. The second-order valence-electron chi connectivity index (χ2n) is 8.36. The van der Waals surface area contributed by atoms with E-state index in [2.05, 4.69) is 12.2 Å². The van der Waals surface area contributed by atoms with Crippen molar-refractivity contribution in [2.45, 2.75) is 59.1 Å². The molecule has 1 fully saturated rings. The van der Waals surface area contributed by atoms with Gasteiger partial charge in [0.1, 0.15) is 6.10 Å². The highest BCUT2D eigenvalue weighted by atomic mass is 16.5. The number of nitrogens with one attached hydrogen (secondary N) is 1. The Bertz CT molecular complexity index is 956.